The Morgan fingerprint density at radius 2 is 2.21 bits per heavy atom. The number of carbonyl (C=O) groups excluding carboxylic acids is 2. The normalized spacial score (nSPS) is 17.7. The lowest BCUT2D eigenvalue weighted by Crippen LogP contribution is -2.33. The van der Waals surface area contributed by atoms with E-state index in [0.717, 1.165) is 11.4 Å². The van der Waals surface area contributed by atoms with Crippen molar-refractivity contribution in [2.24, 2.45) is 4.99 Å². The maximum absolute atomic E-state index is 12.8. The molecule has 2 heterocycles. The third-order valence-electron chi connectivity index (χ3n) is 4.33. The fraction of sp³-hybridized carbons (Fsp3) is 0.474. The molecular formula is C19H23ClN4O3S. The number of benzene rings is 1. The van der Waals surface area contributed by atoms with Crippen molar-refractivity contribution in [1.82, 2.24) is 15.1 Å². The Balaban J connectivity index is 2.01. The summed E-state index contributed by atoms with van der Waals surface area (Å²) in [5.74, 6) is -0.00362. The molecule has 1 aliphatic rings. The maximum atomic E-state index is 12.8. The Kier molecular flexibility index (Phi) is 5.90. The number of halogens is 1. The maximum Gasteiger partial charge on any atom is 0.283 e. The van der Waals surface area contributed by atoms with Gasteiger partial charge in [-0.25, -0.2) is 4.68 Å². The van der Waals surface area contributed by atoms with Crippen LogP contribution in [-0.4, -0.2) is 34.7 Å². The quantitative estimate of drug-likeness (QED) is 0.820. The van der Waals surface area contributed by atoms with Crippen molar-refractivity contribution in [3.05, 3.63) is 38.6 Å². The van der Waals surface area contributed by atoms with Gasteiger partial charge in [-0.1, -0.05) is 43.7 Å². The van der Waals surface area contributed by atoms with Gasteiger partial charge in [0.2, 0.25) is 10.7 Å². The van der Waals surface area contributed by atoms with Crippen LogP contribution >= 0.6 is 22.9 Å². The second kappa shape index (κ2) is 8.05. The Hall–Kier alpha value is -2.19. The van der Waals surface area contributed by atoms with E-state index in [1.807, 2.05) is 0 Å². The van der Waals surface area contributed by atoms with Crippen LogP contribution in [0.25, 0.3) is 0 Å². The largest absolute Gasteiger partial charge is 0.496 e. The minimum Gasteiger partial charge on any atom is -0.496 e. The number of hydrogen-bond donors (Lipinski definition) is 1. The number of nitrogens with one attached hydrogen (secondary N) is 1. The van der Waals surface area contributed by atoms with Crippen LogP contribution in [0.1, 0.15) is 49.0 Å². The Labute approximate surface area is 172 Å². The zero-order valence-corrected chi connectivity index (χ0v) is 17.9. The molecule has 1 atom stereocenters. The molecule has 2 aromatic rings. The minimum absolute atomic E-state index is 0.0165. The van der Waals surface area contributed by atoms with Gasteiger partial charge in [-0.15, -0.1) is 0 Å². The van der Waals surface area contributed by atoms with E-state index >= 15 is 0 Å². The van der Waals surface area contributed by atoms with Crippen molar-refractivity contribution in [1.29, 1.82) is 0 Å². The Bertz CT molecular complexity index is 974. The van der Waals surface area contributed by atoms with Gasteiger partial charge in [-0.2, -0.15) is 10.1 Å². The summed E-state index contributed by atoms with van der Waals surface area (Å²) in [7, 11) is 1.49. The molecule has 3 rings (SSSR count). The first-order valence-corrected chi connectivity index (χ1v) is 10.2. The van der Waals surface area contributed by atoms with Crippen LogP contribution < -0.4 is 14.9 Å². The molecular weight excluding hydrogens is 400 g/mol. The smallest absolute Gasteiger partial charge is 0.283 e. The van der Waals surface area contributed by atoms with Crippen LogP contribution in [-0.2, 0) is 16.8 Å². The lowest BCUT2D eigenvalue weighted by Gasteiger charge is -2.13. The van der Waals surface area contributed by atoms with E-state index in [1.54, 1.807) is 22.9 Å². The van der Waals surface area contributed by atoms with Gasteiger partial charge >= 0.3 is 0 Å². The average Bonchev–Trinajstić information content (AvgIpc) is 3.21. The van der Waals surface area contributed by atoms with Crippen LogP contribution in [0, 0.1) is 0 Å². The Morgan fingerprint density at radius 1 is 1.46 bits per heavy atom. The molecule has 1 aromatic carbocycles. The van der Waals surface area contributed by atoms with Gasteiger partial charge in [-0.3, -0.25) is 9.59 Å². The number of ether oxygens (including phenoxy) is 1. The third-order valence-corrected chi connectivity index (χ3v) is 5.94. The van der Waals surface area contributed by atoms with Crippen LogP contribution in [0.3, 0.4) is 0 Å². The molecule has 0 aliphatic carbocycles. The second-order valence-corrected chi connectivity index (χ2v) is 9.08. The van der Waals surface area contributed by atoms with E-state index in [2.05, 4.69) is 36.2 Å². The fourth-order valence-corrected chi connectivity index (χ4v) is 3.97. The lowest BCUT2D eigenvalue weighted by molar-refractivity contribution is -0.119. The highest BCUT2D eigenvalue weighted by molar-refractivity contribution is 7.09. The van der Waals surface area contributed by atoms with E-state index in [4.69, 9.17) is 16.3 Å². The standard InChI is InChI=1S/C19H23ClN4O3S/c1-19(2,3)17-23-24(10-12-6-8-15(25)21-12)18(28-17)22-16(26)13-9-11(20)5-7-14(13)27-4/h5,7,9,12H,6,8,10H2,1-4H3,(H,21,25)/t12-/m1/s1. The van der Waals surface area contributed by atoms with Gasteiger partial charge in [0.15, 0.2) is 0 Å². The number of amides is 2. The molecule has 1 aliphatic heterocycles. The van der Waals surface area contributed by atoms with Gasteiger partial charge in [0, 0.05) is 22.9 Å². The first-order valence-electron chi connectivity index (χ1n) is 8.98. The number of rotatable bonds is 4. The van der Waals surface area contributed by atoms with Crippen molar-refractivity contribution in [3.8, 4) is 5.75 Å². The van der Waals surface area contributed by atoms with Crippen LogP contribution in [0.4, 0.5) is 0 Å². The first kappa shape index (κ1) is 20.5. The van der Waals surface area contributed by atoms with Crippen molar-refractivity contribution < 1.29 is 14.3 Å². The second-order valence-electron chi connectivity index (χ2n) is 7.69. The van der Waals surface area contributed by atoms with Crippen molar-refractivity contribution in [2.45, 2.75) is 51.6 Å². The summed E-state index contributed by atoms with van der Waals surface area (Å²) in [6.45, 7) is 6.63. The highest BCUT2D eigenvalue weighted by atomic mass is 35.5. The molecule has 0 radical (unpaired) electrons. The van der Waals surface area contributed by atoms with Crippen molar-refractivity contribution in [3.63, 3.8) is 0 Å². The van der Waals surface area contributed by atoms with Crippen LogP contribution in [0.5, 0.6) is 5.75 Å². The molecule has 7 nitrogen and oxygen atoms in total. The predicted molar refractivity (Wildman–Crippen MR) is 108 cm³/mol. The molecule has 1 saturated heterocycles. The number of methoxy groups -OCH3 is 1. The highest BCUT2D eigenvalue weighted by Crippen LogP contribution is 2.24. The van der Waals surface area contributed by atoms with Gasteiger partial charge in [0.1, 0.15) is 10.8 Å². The molecule has 0 unspecified atom stereocenters. The van der Waals surface area contributed by atoms with E-state index in [0.29, 0.717) is 34.1 Å². The summed E-state index contributed by atoms with van der Waals surface area (Å²) in [6.07, 6.45) is 1.25. The van der Waals surface area contributed by atoms with Gasteiger partial charge < -0.3 is 10.1 Å². The summed E-state index contributed by atoms with van der Waals surface area (Å²) in [5, 5.41) is 8.88. The third kappa shape index (κ3) is 4.62. The molecule has 1 N–H and O–H groups in total. The SMILES string of the molecule is COc1ccc(Cl)cc1C(=O)N=c1sc(C(C)(C)C)nn1C[C@H]1CCC(=O)N1. The predicted octanol–water partition coefficient (Wildman–Crippen LogP) is 2.92. The van der Waals surface area contributed by atoms with Crippen molar-refractivity contribution >= 4 is 34.8 Å². The Morgan fingerprint density at radius 3 is 2.82 bits per heavy atom. The summed E-state index contributed by atoms with van der Waals surface area (Å²) in [6, 6.07) is 4.82. The van der Waals surface area contributed by atoms with E-state index < -0.39 is 5.91 Å². The van der Waals surface area contributed by atoms with Gasteiger partial charge in [0.05, 0.1) is 19.2 Å². The molecule has 150 valence electrons. The summed E-state index contributed by atoms with van der Waals surface area (Å²) in [5.41, 5.74) is 0.108. The first-order chi connectivity index (χ1) is 13.2. The monoisotopic (exact) mass is 422 g/mol. The number of carbonyl (C=O) groups is 2. The van der Waals surface area contributed by atoms with E-state index in [1.165, 1.54) is 18.4 Å². The zero-order valence-electron chi connectivity index (χ0n) is 16.3. The minimum atomic E-state index is -0.451. The molecule has 9 heteroatoms. The van der Waals surface area contributed by atoms with E-state index in [-0.39, 0.29) is 17.4 Å². The lowest BCUT2D eigenvalue weighted by atomic mass is 9.98. The van der Waals surface area contributed by atoms with E-state index in [9.17, 15) is 9.59 Å². The number of aromatic nitrogens is 2. The summed E-state index contributed by atoms with van der Waals surface area (Å²) < 4.78 is 6.97. The zero-order chi connectivity index (χ0) is 20.5. The molecule has 28 heavy (non-hydrogen) atoms. The fourth-order valence-electron chi connectivity index (χ4n) is 2.83. The number of hydrogen-bond acceptors (Lipinski definition) is 5. The molecule has 1 fully saturated rings. The molecule has 0 spiro atoms. The average molecular weight is 423 g/mol. The molecule has 0 saturated carbocycles. The molecule has 0 bridgehead atoms. The van der Waals surface area contributed by atoms with Gasteiger partial charge in [-0.05, 0) is 24.6 Å². The van der Waals surface area contributed by atoms with Crippen LogP contribution in [0.2, 0.25) is 5.02 Å². The summed E-state index contributed by atoms with van der Waals surface area (Å²) >= 11 is 7.41. The van der Waals surface area contributed by atoms with Crippen LogP contribution in [0.15, 0.2) is 23.2 Å². The number of nitrogens with zero attached hydrogens (tertiary/aromatic N) is 3. The molecule has 1 aromatic heterocycles. The van der Waals surface area contributed by atoms with Crippen molar-refractivity contribution in [2.75, 3.05) is 7.11 Å². The topological polar surface area (TPSA) is 85.6 Å². The molecule has 2 amide bonds. The van der Waals surface area contributed by atoms with Gasteiger partial charge in [0.25, 0.3) is 5.91 Å². The summed E-state index contributed by atoms with van der Waals surface area (Å²) in [4.78, 5) is 29.1. The highest BCUT2D eigenvalue weighted by Gasteiger charge is 2.25.